The topological polar surface area (TPSA) is 12.0 Å². The molecule has 0 aliphatic rings. The van der Waals surface area contributed by atoms with E-state index >= 15 is 0 Å². The number of hydrogen-bond donors (Lipinski definition) is 1. The van der Waals surface area contributed by atoms with E-state index in [-0.39, 0.29) is 0 Å². The maximum atomic E-state index is 3.90. The van der Waals surface area contributed by atoms with Gasteiger partial charge in [-0.15, -0.1) is 6.58 Å². The van der Waals surface area contributed by atoms with E-state index in [0.717, 1.165) is 6.54 Å². The highest BCUT2D eigenvalue weighted by Gasteiger charge is 2.04. The van der Waals surface area contributed by atoms with Crippen molar-refractivity contribution in [3.8, 4) is 0 Å². The molecule has 1 aromatic rings. The zero-order valence-corrected chi connectivity index (χ0v) is 11.0. The molecule has 0 aromatic heterocycles. The number of nitrogens with one attached hydrogen (secondary N) is 1. The Morgan fingerprint density at radius 1 is 1.12 bits per heavy atom. The van der Waals surface area contributed by atoms with Gasteiger partial charge in [-0.2, -0.15) is 0 Å². The second-order valence-corrected chi connectivity index (χ2v) is 4.49. The zero-order valence-electron chi connectivity index (χ0n) is 11.0. The van der Waals surface area contributed by atoms with Crippen LogP contribution in [0.25, 0.3) is 0 Å². The quantitative estimate of drug-likeness (QED) is 0.488. The molecule has 1 aromatic carbocycles. The molecular formula is C16H25N. The summed E-state index contributed by atoms with van der Waals surface area (Å²) in [5.41, 5.74) is 1.30. The van der Waals surface area contributed by atoms with Gasteiger partial charge in [0.05, 0.1) is 6.04 Å². The van der Waals surface area contributed by atoms with Gasteiger partial charge in [0, 0.05) is 0 Å². The van der Waals surface area contributed by atoms with Gasteiger partial charge in [0.2, 0.25) is 0 Å². The first kappa shape index (κ1) is 14.0. The van der Waals surface area contributed by atoms with E-state index in [2.05, 4.69) is 43.1 Å². The normalized spacial score (nSPS) is 12.3. The molecule has 1 atom stereocenters. The van der Waals surface area contributed by atoms with Crippen molar-refractivity contribution in [3.05, 3.63) is 48.6 Å². The lowest BCUT2D eigenvalue weighted by Crippen LogP contribution is -2.20. The SMILES string of the molecule is C=CC(NCCCCCCC)c1ccccc1. The Kier molecular flexibility index (Phi) is 7.40. The summed E-state index contributed by atoms with van der Waals surface area (Å²) in [4.78, 5) is 0. The van der Waals surface area contributed by atoms with Gasteiger partial charge >= 0.3 is 0 Å². The van der Waals surface area contributed by atoms with Crippen LogP contribution in [0.1, 0.15) is 50.6 Å². The standard InChI is InChI=1S/C16H25N/c1-3-5-6-7-11-14-17-16(4-2)15-12-9-8-10-13-15/h4,8-10,12-13,16-17H,2-3,5-7,11,14H2,1H3. The zero-order chi connectivity index (χ0) is 12.3. The Labute approximate surface area is 106 Å². The number of unbranched alkanes of at least 4 members (excludes halogenated alkanes) is 4. The summed E-state index contributed by atoms with van der Waals surface area (Å²) >= 11 is 0. The Morgan fingerprint density at radius 3 is 2.47 bits per heavy atom. The summed E-state index contributed by atoms with van der Waals surface area (Å²) in [5.74, 6) is 0. The van der Waals surface area contributed by atoms with Crippen molar-refractivity contribution in [1.29, 1.82) is 0 Å². The molecule has 1 nitrogen and oxygen atoms in total. The van der Waals surface area contributed by atoms with E-state index in [9.17, 15) is 0 Å². The molecule has 17 heavy (non-hydrogen) atoms. The number of benzene rings is 1. The largest absolute Gasteiger partial charge is 0.307 e. The summed E-state index contributed by atoms with van der Waals surface area (Å²) in [6.45, 7) is 7.23. The Hall–Kier alpha value is -1.08. The average molecular weight is 231 g/mol. The highest BCUT2D eigenvalue weighted by molar-refractivity contribution is 5.22. The van der Waals surface area contributed by atoms with Crippen LogP contribution in [0.4, 0.5) is 0 Å². The number of hydrogen-bond acceptors (Lipinski definition) is 1. The molecule has 0 bridgehead atoms. The van der Waals surface area contributed by atoms with Crippen LogP contribution in [0, 0.1) is 0 Å². The Balaban J connectivity index is 2.22. The molecule has 0 spiro atoms. The summed E-state index contributed by atoms with van der Waals surface area (Å²) < 4.78 is 0. The fraction of sp³-hybridized carbons (Fsp3) is 0.500. The van der Waals surface area contributed by atoms with E-state index in [1.165, 1.54) is 37.7 Å². The smallest absolute Gasteiger partial charge is 0.0503 e. The molecule has 94 valence electrons. The molecule has 0 saturated carbocycles. The molecule has 0 heterocycles. The molecule has 0 saturated heterocycles. The van der Waals surface area contributed by atoms with Crippen molar-refractivity contribution < 1.29 is 0 Å². The summed E-state index contributed by atoms with van der Waals surface area (Å²) in [6.07, 6.45) is 8.62. The summed E-state index contributed by atoms with van der Waals surface area (Å²) in [7, 11) is 0. The average Bonchev–Trinajstić information content (AvgIpc) is 2.39. The van der Waals surface area contributed by atoms with Gasteiger partial charge in [-0.3, -0.25) is 0 Å². The monoisotopic (exact) mass is 231 g/mol. The van der Waals surface area contributed by atoms with E-state index in [0.29, 0.717) is 6.04 Å². The molecule has 1 unspecified atom stereocenters. The fourth-order valence-corrected chi connectivity index (χ4v) is 1.98. The van der Waals surface area contributed by atoms with Crippen molar-refractivity contribution in [2.24, 2.45) is 0 Å². The van der Waals surface area contributed by atoms with Gasteiger partial charge in [-0.25, -0.2) is 0 Å². The molecule has 1 N–H and O–H groups in total. The van der Waals surface area contributed by atoms with Gasteiger partial charge in [-0.05, 0) is 18.5 Å². The van der Waals surface area contributed by atoms with Crippen LogP contribution >= 0.6 is 0 Å². The molecule has 0 amide bonds. The minimum absolute atomic E-state index is 0.294. The van der Waals surface area contributed by atoms with Crippen LogP contribution in [0.5, 0.6) is 0 Å². The summed E-state index contributed by atoms with van der Waals surface area (Å²) in [6, 6.07) is 10.8. The second-order valence-electron chi connectivity index (χ2n) is 4.49. The third kappa shape index (κ3) is 5.69. The van der Waals surface area contributed by atoms with Crippen LogP contribution in [-0.4, -0.2) is 6.54 Å². The molecule has 0 radical (unpaired) electrons. The fourth-order valence-electron chi connectivity index (χ4n) is 1.98. The van der Waals surface area contributed by atoms with Crippen LogP contribution in [0.2, 0.25) is 0 Å². The lowest BCUT2D eigenvalue weighted by molar-refractivity contribution is 0.556. The maximum Gasteiger partial charge on any atom is 0.0503 e. The van der Waals surface area contributed by atoms with E-state index in [4.69, 9.17) is 0 Å². The van der Waals surface area contributed by atoms with Crippen LogP contribution < -0.4 is 5.32 Å². The molecule has 0 fully saturated rings. The van der Waals surface area contributed by atoms with Gasteiger partial charge in [0.25, 0.3) is 0 Å². The van der Waals surface area contributed by atoms with Crippen LogP contribution in [-0.2, 0) is 0 Å². The Bertz CT molecular complexity index is 292. The first-order valence-electron chi connectivity index (χ1n) is 6.79. The summed E-state index contributed by atoms with van der Waals surface area (Å²) in [5, 5.41) is 3.54. The van der Waals surface area contributed by atoms with E-state index in [1.54, 1.807) is 0 Å². The third-order valence-corrected chi connectivity index (χ3v) is 3.04. The van der Waals surface area contributed by atoms with Crippen molar-refractivity contribution in [3.63, 3.8) is 0 Å². The molecule has 1 heteroatoms. The predicted octanol–water partition coefficient (Wildman–Crippen LogP) is 4.47. The molecule has 1 rings (SSSR count). The molecular weight excluding hydrogens is 206 g/mol. The number of rotatable bonds is 9. The second kappa shape index (κ2) is 9.00. The lowest BCUT2D eigenvalue weighted by atomic mass is 10.1. The van der Waals surface area contributed by atoms with Crippen molar-refractivity contribution in [1.82, 2.24) is 5.32 Å². The maximum absolute atomic E-state index is 3.90. The highest BCUT2D eigenvalue weighted by Crippen LogP contribution is 2.13. The minimum Gasteiger partial charge on any atom is -0.307 e. The van der Waals surface area contributed by atoms with Gasteiger partial charge in [0.1, 0.15) is 0 Å². The van der Waals surface area contributed by atoms with Gasteiger partial charge in [0.15, 0.2) is 0 Å². The first-order valence-corrected chi connectivity index (χ1v) is 6.79. The predicted molar refractivity (Wildman–Crippen MR) is 76.1 cm³/mol. The Morgan fingerprint density at radius 2 is 1.82 bits per heavy atom. The third-order valence-electron chi connectivity index (χ3n) is 3.04. The highest BCUT2D eigenvalue weighted by atomic mass is 14.9. The lowest BCUT2D eigenvalue weighted by Gasteiger charge is -2.14. The van der Waals surface area contributed by atoms with Crippen LogP contribution in [0.15, 0.2) is 43.0 Å². The first-order chi connectivity index (χ1) is 8.38. The molecule has 0 aliphatic heterocycles. The van der Waals surface area contributed by atoms with Gasteiger partial charge < -0.3 is 5.32 Å². The van der Waals surface area contributed by atoms with Crippen molar-refractivity contribution in [2.45, 2.75) is 45.1 Å². The molecule has 0 aliphatic carbocycles. The van der Waals surface area contributed by atoms with E-state index < -0.39 is 0 Å². The van der Waals surface area contributed by atoms with Crippen molar-refractivity contribution >= 4 is 0 Å². The van der Waals surface area contributed by atoms with E-state index in [1.807, 2.05) is 12.1 Å². The van der Waals surface area contributed by atoms with Crippen molar-refractivity contribution in [2.75, 3.05) is 6.54 Å². The van der Waals surface area contributed by atoms with Gasteiger partial charge in [-0.1, -0.05) is 69.0 Å². The minimum atomic E-state index is 0.294. The van der Waals surface area contributed by atoms with Crippen LogP contribution in [0.3, 0.4) is 0 Å².